The molecule has 2 heterocycles. The van der Waals surface area contributed by atoms with Crippen LogP contribution in [-0.4, -0.2) is 15.6 Å². The van der Waals surface area contributed by atoms with Crippen molar-refractivity contribution in [1.82, 2.24) is 4.57 Å². The molecule has 2 atom stereocenters. The molecule has 0 fully saturated rings. The third-order valence-electron chi connectivity index (χ3n) is 4.01. The second-order valence-corrected chi connectivity index (χ2v) is 5.31. The van der Waals surface area contributed by atoms with E-state index >= 15 is 0 Å². The highest BCUT2D eigenvalue weighted by atomic mass is 16.4. The van der Waals surface area contributed by atoms with Gasteiger partial charge in [-0.25, -0.2) is 4.79 Å². The normalized spacial score (nSPS) is 21.6. The molecule has 4 nitrogen and oxygen atoms in total. The number of rotatable bonds is 1. The van der Waals surface area contributed by atoms with Crippen LogP contribution in [0.4, 0.5) is 0 Å². The van der Waals surface area contributed by atoms with Crippen LogP contribution in [0.5, 0.6) is 0 Å². The summed E-state index contributed by atoms with van der Waals surface area (Å²) in [6.07, 6.45) is 2.45. The molecule has 1 aliphatic rings. The van der Waals surface area contributed by atoms with E-state index in [2.05, 4.69) is 13.8 Å². The molecule has 2 unspecified atom stereocenters. The van der Waals surface area contributed by atoms with Crippen LogP contribution in [0.3, 0.4) is 0 Å². The Morgan fingerprint density at radius 3 is 2.79 bits per heavy atom. The number of hydrogen-bond donors (Lipinski definition) is 1. The number of para-hydroxylation sites is 1. The summed E-state index contributed by atoms with van der Waals surface area (Å²) < 4.78 is 1.94. The van der Waals surface area contributed by atoms with Gasteiger partial charge in [0.15, 0.2) is 0 Å². The van der Waals surface area contributed by atoms with Gasteiger partial charge in [-0.15, -0.1) is 0 Å². The maximum Gasteiger partial charge on any atom is 0.341 e. The standard InChI is InChI=1S/C15H15NO3/c1-8-6-9(2)16-7-12(15(18)19)14(17)11-5-3-4-10(8)13(11)16/h3-5,7-9H,6H2,1-2H3,(H,18,19). The summed E-state index contributed by atoms with van der Waals surface area (Å²) in [4.78, 5) is 23.4. The number of benzene rings is 1. The van der Waals surface area contributed by atoms with Gasteiger partial charge >= 0.3 is 5.97 Å². The van der Waals surface area contributed by atoms with E-state index in [4.69, 9.17) is 5.11 Å². The number of carbonyl (C=O) groups is 1. The Kier molecular flexibility index (Phi) is 2.49. The third-order valence-corrected chi connectivity index (χ3v) is 4.01. The Balaban J connectivity index is 2.52. The first kappa shape index (κ1) is 12.0. The number of nitrogens with zero attached hydrogens (tertiary/aromatic N) is 1. The number of aromatic nitrogens is 1. The van der Waals surface area contributed by atoms with Crippen LogP contribution in [0.2, 0.25) is 0 Å². The van der Waals surface area contributed by atoms with E-state index in [1.165, 1.54) is 6.20 Å². The Labute approximate surface area is 110 Å². The topological polar surface area (TPSA) is 59.3 Å². The zero-order valence-electron chi connectivity index (χ0n) is 10.9. The molecule has 1 aromatic heterocycles. The lowest BCUT2D eigenvalue weighted by atomic mass is 9.88. The minimum absolute atomic E-state index is 0.147. The molecule has 3 rings (SSSR count). The maximum atomic E-state index is 12.2. The number of carboxylic acid groups (broad SMARTS) is 1. The van der Waals surface area contributed by atoms with E-state index in [1.807, 2.05) is 16.7 Å². The smallest absolute Gasteiger partial charge is 0.341 e. The number of carboxylic acids is 1. The van der Waals surface area contributed by atoms with Gasteiger partial charge in [0.2, 0.25) is 5.43 Å². The van der Waals surface area contributed by atoms with Crippen molar-refractivity contribution in [2.75, 3.05) is 0 Å². The van der Waals surface area contributed by atoms with Crippen molar-refractivity contribution >= 4 is 16.9 Å². The first-order chi connectivity index (χ1) is 9.00. The first-order valence-electron chi connectivity index (χ1n) is 6.41. The van der Waals surface area contributed by atoms with Gasteiger partial charge in [0.25, 0.3) is 0 Å². The molecule has 1 aromatic carbocycles. The molecule has 0 radical (unpaired) electrons. The number of aromatic carboxylic acids is 1. The molecule has 19 heavy (non-hydrogen) atoms. The quantitative estimate of drug-likeness (QED) is 0.854. The summed E-state index contributed by atoms with van der Waals surface area (Å²) in [6, 6.07) is 5.78. The minimum atomic E-state index is -1.16. The van der Waals surface area contributed by atoms with Crippen molar-refractivity contribution in [3.05, 3.63) is 45.7 Å². The van der Waals surface area contributed by atoms with Crippen molar-refractivity contribution in [2.45, 2.75) is 32.2 Å². The molecule has 1 N–H and O–H groups in total. The van der Waals surface area contributed by atoms with Gasteiger partial charge in [-0.1, -0.05) is 19.1 Å². The summed E-state index contributed by atoms with van der Waals surface area (Å²) in [5.74, 6) is -0.777. The molecule has 0 saturated heterocycles. The molecule has 0 spiro atoms. The van der Waals surface area contributed by atoms with Crippen LogP contribution in [-0.2, 0) is 0 Å². The summed E-state index contributed by atoms with van der Waals surface area (Å²) in [7, 11) is 0. The lowest BCUT2D eigenvalue weighted by Gasteiger charge is -2.30. The molecular formula is C15H15NO3. The lowest BCUT2D eigenvalue weighted by Crippen LogP contribution is -2.24. The number of pyridine rings is 1. The summed E-state index contributed by atoms with van der Waals surface area (Å²) >= 11 is 0. The lowest BCUT2D eigenvalue weighted by molar-refractivity contribution is 0.0694. The fourth-order valence-corrected chi connectivity index (χ4v) is 3.09. The fraction of sp³-hybridized carbons (Fsp3) is 0.333. The molecule has 0 saturated carbocycles. The van der Waals surface area contributed by atoms with E-state index in [0.29, 0.717) is 11.3 Å². The van der Waals surface area contributed by atoms with Gasteiger partial charge in [0.1, 0.15) is 5.56 Å². The Hall–Kier alpha value is -2.10. The van der Waals surface area contributed by atoms with E-state index in [-0.39, 0.29) is 17.0 Å². The van der Waals surface area contributed by atoms with Crippen molar-refractivity contribution in [2.24, 2.45) is 0 Å². The molecule has 0 aliphatic carbocycles. The molecule has 98 valence electrons. The van der Waals surface area contributed by atoms with Gasteiger partial charge in [-0.2, -0.15) is 0 Å². The highest BCUT2D eigenvalue weighted by molar-refractivity contribution is 5.93. The Bertz CT molecular complexity index is 745. The third kappa shape index (κ3) is 1.59. The molecule has 2 aromatic rings. The van der Waals surface area contributed by atoms with E-state index in [9.17, 15) is 9.59 Å². The first-order valence-corrected chi connectivity index (χ1v) is 6.41. The van der Waals surface area contributed by atoms with Crippen LogP contribution < -0.4 is 5.43 Å². The minimum Gasteiger partial charge on any atom is -0.477 e. The van der Waals surface area contributed by atoms with Gasteiger partial charge < -0.3 is 9.67 Å². The largest absolute Gasteiger partial charge is 0.477 e. The zero-order chi connectivity index (χ0) is 13.7. The van der Waals surface area contributed by atoms with Gasteiger partial charge in [0.05, 0.1) is 5.52 Å². The second kappa shape index (κ2) is 3.95. The molecule has 4 heteroatoms. The van der Waals surface area contributed by atoms with Crippen molar-refractivity contribution in [3.8, 4) is 0 Å². The maximum absolute atomic E-state index is 12.2. The van der Waals surface area contributed by atoms with E-state index < -0.39 is 5.97 Å². The van der Waals surface area contributed by atoms with Crippen LogP contribution in [0, 0.1) is 0 Å². The van der Waals surface area contributed by atoms with Crippen LogP contribution in [0.15, 0.2) is 29.2 Å². The fourth-order valence-electron chi connectivity index (χ4n) is 3.09. The predicted octanol–water partition coefficient (Wildman–Crippen LogP) is 2.77. The monoisotopic (exact) mass is 257 g/mol. The molecule has 0 amide bonds. The van der Waals surface area contributed by atoms with Gasteiger partial charge in [-0.05, 0) is 30.9 Å². The zero-order valence-corrected chi connectivity index (χ0v) is 10.9. The van der Waals surface area contributed by atoms with Crippen molar-refractivity contribution in [3.63, 3.8) is 0 Å². The summed E-state index contributed by atoms with van der Waals surface area (Å²) in [5.41, 5.74) is 1.49. The summed E-state index contributed by atoms with van der Waals surface area (Å²) in [5, 5.41) is 9.67. The SMILES string of the molecule is CC1CC(C)n2cc(C(=O)O)c(=O)c3cccc1c32. The van der Waals surface area contributed by atoms with Crippen molar-refractivity contribution < 1.29 is 9.90 Å². The van der Waals surface area contributed by atoms with Crippen LogP contribution in [0.25, 0.3) is 10.9 Å². The Morgan fingerprint density at radius 2 is 2.11 bits per heavy atom. The molecule has 0 bridgehead atoms. The van der Waals surface area contributed by atoms with E-state index in [1.54, 1.807) is 6.07 Å². The Morgan fingerprint density at radius 1 is 1.37 bits per heavy atom. The van der Waals surface area contributed by atoms with Gasteiger partial charge in [0, 0.05) is 17.6 Å². The average molecular weight is 257 g/mol. The second-order valence-electron chi connectivity index (χ2n) is 5.31. The average Bonchev–Trinajstić information content (AvgIpc) is 2.37. The molecule has 1 aliphatic heterocycles. The number of hydrogen-bond acceptors (Lipinski definition) is 2. The van der Waals surface area contributed by atoms with Gasteiger partial charge in [-0.3, -0.25) is 4.79 Å². The summed E-state index contributed by atoms with van der Waals surface area (Å²) in [6.45, 7) is 4.20. The predicted molar refractivity (Wildman–Crippen MR) is 72.9 cm³/mol. The van der Waals surface area contributed by atoms with Crippen LogP contribution >= 0.6 is 0 Å². The van der Waals surface area contributed by atoms with E-state index in [0.717, 1.165) is 17.5 Å². The van der Waals surface area contributed by atoms with Crippen LogP contribution in [0.1, 0.15) is 48.1 Å². The highest BCUT2D eigenvalue weighted by Gasteiger charge is 2.25. The highest BCUT2D eigenvalue weighted by Crippen LogP contribution is 2.37. The van der Waals surface area contributed by atoms with Crippen molar-refractivity contribution in [1.29, 1.82) is 0 Å². The molecular weight excluding hydrogens is 242 g/mol.